The van der Waals surface area contributed by atoms with E-state index in [0.29, 0.717) is 13.2 Å². The van der Waals surface area contributed by atoms with Crippen LogP contribution in [0.1, 0.15) is 0 Å². The Morgan fingerprint density at radius 2 is 1.88 bits per heavy atom. The van der Waals surface area contributed by atoms with Crippen molar-refractivity contribution in [3.63, 3.8) is 0 Å². The minimum absolute atomic E-state index is 0.344. The predicted molar refractivity (Wildman–Crippen MR) is 38.3 cm³/mol. The van der Waals surface area contributed by atoms with Gasteiger partial charge in [0.2, 0.25) is 0 Å². The Morgan fingerprint density at radius 3 is 2.00 bits per heavy atom. The van der Waals surface area contributed by atoms with Gasteiger partial charge >= 0.3 is 63.5 Å². The van der Waals surface area contributed by atoms with Gasteiger partial charge in [0.25, 0.3) is 0 Å². The van der Waals surface area contributed by atoms with Crippen LogP contribution >= 0.6 is 30.0 Å². The molecule has 0 aliphatic heterocycles. The Labute approximate surface area is 63.5 Å². The summed E-state index contributed by atoms with van der Waals surface area (Å²) >= 11 is 0. The Kier molecular flexibility index (Phi) is 4.90. The zero-order chi connectivity index (χ0) is 6.62. The maximum atomic E-state index is 5.35. The third kappa shape index (κ3) is 7.33. The monoisotopic (exact) mass is 239 g/mol. The molecule has 0 aliphatic rings. The van der Waals surface area contributed by atoms with Gasteiger partial charge in [0.15, 0.2) is 0 Å². The molecule has 0 radical (unpaired) electrons. The Hall–Kier alpha value is 1.33. The van der Waals surface area contributed by atoms with Gasteiger partial charge in [-0.25, -0.2) is 0 Å². The molecule has 0 bridgehead atoms. The molecule has 0 unspecified atom stereocenters. The van der Waals surface area contributed by atoms with Crippen molar-refractivity contribution in [1.82, 2.24) is 0 Å². The van der Waals surface area contributed by atoms with E-state index in [4.69, 9.17) is 39.5 Å². The molecule has 0 fully saturated rings. The zero-order valence-corrected chi connectivity index (χ0v) is 8.40. The van der Waals surface area contributed by atoms with Crippen LogP contribution < -0.4 is 5.73 Å². The Bertz CT molecular complexity index is 64.8. The number of hydrogen-bond donors (Lipinski definition) is 1. The van der Waals surface area contributed by atoms with Gasteiger partial charge in [-0.1, -0.05) is 0 Å². The van der Waals surface area contributed by atoms with Crippen molar-refractivity contribution in [1.29, 1.82) is 0 Å². The maximum absolute atomic E-state index is 5.35. The van der Waals surface area contributed by atoms with E-state index in [-0.39, 0.29) is 0 Å². The summed E-state index contributed by atoms with van der Waals surface area (Å²) in [5.74, 6) is 0. The first-order valence-corrected chi connectivity index (χ1v) is 11.1. The molecule has 0 spiro atoms. The van der Waals surface area contributed by atoms with Gasteiger partial charge in [0, 0.05) is 0 Å². The molecule has 2 nitrogen and oxygen atoms in total. The van der Waals surface area contributed by atoms with Crippen molar-refractivity contribution in [3.8, 4) is 0 Å². The summed E-state index contributed by atoms with van der Waals surface area (Å²) in [4.78, 5) is 0. The molecule has 0 saturated heterocycles. The standard InChI is InChI=1S/C2H6Cl3GeNO/c3-6(4,5)8-2-1-7/h1-2,7H2. The van der Waals surface area contributed by atoms with Crippen molar-refractivity contribution in [3.05, 3.63) is 0 Å². The fourth-order valence-electron chi connectivity index (χ4n) is 0.175. The fraction of sp³-hybridized carbons (Fsp3) is 1.00. The second kappa shape index (κ2) is 4.20. The Balaban J connectivity index is 3.11. The van der Waals surface area contributed by atoms with Gasteiger partial charge < -0.3 is 0 Å². The number of rotatable bonds is 3. The SMILES string of the molecule is NCC[O][Ge]([Cl])([Cl])[Cl]. The van der Waals surface area contributed by atoms with Crippen molar-refractivity contribution in [2.75, 3.05) is 13.2 Å². The van der Waals surface area contributed by atoms with Crippen molar-refractivity contribution in [2.24, 2.45) is 5.73 Å². The second-order valence-electron chi connectivity index (χ2n) is 1.08. The van der Waals surface area contributed by atoms with Gasteiger partial charge in [0.05, 0.1) is 0 Å². The van der Waals surface area contributed by atoms with Gasteiger partial charge in [-0.05, 0) is 0 Å². The molecular weight excluding hydrogens is 233 g/mol. The number of halogens is 3. The van der Waals surface area contributed by atoms with Crippen LogP contribution in [0.2, 0.25) is 0 Å². The molecule has 0 saturated carbocycles. The first-order chi connectivity index (χ1) is 3.56. The van der Waals surface area contributed by atoms with E-state index in [1.54, 1.807) is 0 Å². The molecule has 50 valence electrons. The number of hydrogen-bond acceptors (Lipinski definition) is 2. The normalized spacial score (nSPS) is 12.0. The minimum atomic E-state index is -3.27. The van der Waals surface area contributed by atoms with E-state index in [1.165, 1.54) is 0 Å². The zero-order valence-electron chi connectivity index (χ0n) is 4.03. The van der Waals surface area contributed by atoms with E-state index < -0.39 is 10.8 Å². The van der Waals surface area contributed by atoms with Crippen LogP contribution in [0.15, 0.2) is 0 Å². The second-order valence-corrected chi connectivity index (χ2v) is 14.9. The Morgan fingerprint density at radius 1 is 1.38 bits per heavy atom. The molecule has 0 aromatic rings. The molecule has 0 heterocycles. The molecule has 0 rings (SSSR count). The van der Waals surface area contributed by atoms with Gasteiger partial charge in [-0.15, -0.1) is 0 Å². The quantitative estimate of drug-likeness (QED) is 0.749. The van der Waals surface area contributed by atoms with Crippen molar-refractivity contribution in [2.45, 2.75) is 0 Å². The molecule has 0 aliphatic carbocycles. The summed E-state index contributed by atoms with van der Waals surface area (Å²) in [5.41, 5.74) is 5.06. The van der Waals surface area contributed by atoms with E-state index in [0.717, 1.165) is 0 Å². The van der Waals surface area contributed by atoms with Gasteiger partial charge in [-0.2, -0.15) is 0 Å². The van der Waals surface area contributed by atoms with Crippen molar-refractivity contribution < 1.29 is 3.76 Å². The van der Waals surface area contributed by atoms with E-state index in [1.807, 2.05) is 0 Å². The molecule has 0 aromatic heterocycles. The topological polar surface area (TPSA) is 35.2 Å². The van der Waals surface area contributed by atoms with Crippen molar-refractivity contribution >= 4 is 40.8 Å². The average molecular weight is 239 g/mol. The van der Waals surface area contributed by atoms with Crippen LogP contribution in [0.25, 0.3) is 0 Å². The third-order valence-electron chi connectivity index (χ3n) is 0.384. The summed E-state index contributed by atoms with van der Waals surface area (Å²) in [6, 6.07) is 0. The average Bonchev–Trinajstić information content (AvgIpc) is 1.59. The predicted octanol–water partition coefficient (Wildman–Crippen LogP) is 1.11. The van der Waals surface area contributed by atoms with Crippen LogP contribution in [0, 0.1) is 0 Å². The van der Waals surface area contributed by atoms with E-state index in [9.17, 15) is 0 Å². The summed E-state index contributed by atoms with van der Waals surface area (Å²) in [5, 5.41) is 0. The molecule has 2 N–H and O–H groups in total. The first-order valence-electron chi connectivity index (χ1n) is 1.97. The summed E-state index contributed by atoms with van der Waals surface area (Å²) in [6.45, 7) is 0.746. The first kappa shape index (κ1) is 9.33. The summed E-state index contributed by atoms with van der Waals surface area (Å²) in [6.07, 6.45) is 0. The molecule has 0 atom stereocenters. The van der Waals surface area contributed by atoms with E-state index in [2.05, 4.69) is 0 Å². The van der Waals surface area contributed by atoms with Gasteiger partial charge in [0.1, 0.15) is 0 Å². The third-order valence-corrected chi connectivity index (χ3v) is 3.20. The molecule has 8 heavy (non-hydrogen) atoms. The van der Waals surface area contributed by atoms with Crippen LogP contribution in [0.3, 0.4) is 0 Å². The van der Waals surface area contributed by atoms with Gasteiger partial charge in [-0.3, -0.25) is 0 Å². The van der Waals surface area contributed by atoms with Crippen LogP contribution in [0.5, 0.6) is 0 Å². The molecule has 6 heteroatoms. The fourth-order valence-corrected chi connectivity index (χ4v) is 2.11. The molecular formula is C2H6Cl3GeNO. The number of nitrogens with two attached hydrogens (primary N) is 1. The van der Waals surface area contributed by atoms with Crippen LogP contribution in [-0.2, 0) is 3.76 Å². The van der Waals surface area contributed by atoms with Crippen LogP contribution in [-0.4, -0.2) is 24.0 Å². The van der Waals surface area contributed by atoms with E-state index >= 15 is 0 Å². The summed E-state index contributed by atoms with van der Waals surface area (Å²) < 4.78 is 4.74. The summed E-state index contributed by atoms with van der Waals surface area (Å²) in [7, 11) is 12.8. The molecule has 0 aromatic carbocycles. The van der Waals surface area contributed by atoms with Crippen LogP contribution in [0.4, 0.5) is 0 Å². The molecule has 0 amide bonds.